The van der Waals surface area contributed by atoms with Crippen LogP contribution in [0.5, 0.6) is 0 Å². The lowest BCUT2D eigenvalue weighted by Gasteiger charge is -2.29. The van der Waals surface area contributed by atoms with Gasteiger partial charge in [-0.2, -0.15) is 0 Å². The molecule has 0 saturated carbocycles. The number of benzene rings is 1. The fourth-order valence-electron chi connectivity index (χ4n) is 2.43. The van der Waals surface area contributed by atoms with Crippen LogP contribution in [-0.4, -0.2) is 20.1 Å². The van der Waals surface area contributed by atoms with Crippen molar-refractivity contribution in [2.24, 2.45) is 0 Å². The van der Waals surface area contributed by atoms with Crippen LogP contribution in [0.15, 0.2) is 18.2 Å². The molecule has 114 valence electrons. The van der Waals surface area contributed by atoms with Crippen molar-refractivity contribution >= 4 is 5.69 Å². The summed E-state index contributed by atoms with van der Waals surface area (Å²) in [7, 11) is 1.88. The van der Waals surface area contributed by atoms with Gasteiger partial charge in [-0.25, -0.2) is 4.39 Å². The van der Waals surface area contributed by atoms with E-state index in [9.17, 15) is 4.39 Å². The molecule has 0 aliphatic rings. The molecule has 1 rings (SSSR count). The summed E-state index contributed by atoms with van der Waals surface area (Å²) in [6.45, 7) is 8.41. The molecule has 0 aliphatic heterocycles. The van der Waals surface area contributed by atoms with Gasteiger partial charge in [0.15, 0.2) is 0 Å². The number of hydrogen-bond acceptors (Lipinski definition) is 2. The summed E-state index contributed by atoms with van der Waals surface area (Å²) in [5, 5.41) is 3.16. The van der Waals surface area contributed by atoms with Gasteiger partial charge in [-0.3, -0.25) is 0 Å². The van der Waals surface area contributed by atoms with Crippen LogP contribution in [0, 0.1) is 5.82 Å². The SMILES string of the molecule is CCCCN(CCCC)c1cccc(F)c1C(C)NC. The maximum absolute atomic E-state index is 14.2. The lowest BCUT2D eigenvalue weighted by molar-refractivity contribution is 0.557. The van der Waals surface area contributed by atoms with Crippen LogP contribution < -0.4 is 10.2 Å². The molecule has 1 atom stereocenters. The van der Waals surface area contributed by atoms with Crippen LogP contribution in [0.2, 0.25) is 0 Å². The van der Waals surface area contributed by atoms with E-state index in [1.807, 2.05) is 20.0 Å². The molecule has 0 bridgehead atoms. The van der Waals surface area contributed by atoms with Gasteiger partial charge in [0.1, 0.15) is 5.82 Å². The highest BCUT2D eigenvalue weighted by atomic mass is 19.1. The molecule has 1 N–H and O–H groups in total. The van der Waals surface area contributed by atoms with E-state index in [0.717, 1.165) is 50.0 Å². The smallest absolute Gasteiger partial charge is 0.130 e. The number of unbranched alkanes of at least 4 members (excludes halogenated alkanes) is 2. The van der Waals surface area contributed by atoms with Crippen molar-refractivity contribution < 1.29 is 4.39 Å². The van der Waals surface area contributed by atoms with Crippen molar-refractivity contribution in [3.63, 3.8) is 0 Å². The van der Waals surface area contributed by atoms with E-state index >= 15 is 0 Å². The highest BCUT2D eigenvalue weighted by Crippen LogP contribution is 2.29. The molecule has 1 aromatic rings. The monoisotopic (exact) mass is 280 g/mol. The average molecular weight is 280 g/mol. The fourth-order valence-corrected chi connectivity index (χ4v) is 2.43. The zero-order valence-corrected chi connectivity index (χ0v) is 13.4. The molecule has 3 heteroatoms. The van der Waals surface area contributed by atoms with Gasteiger partial charge in [-0.05, 0) is 38.9 Å². The Bertz CT molecular complexity index is 385. The van der Waals surface area contributed by atoms with Crippen molar-refractivity contribution in [1.82, 2.24) is 5.32 Å². The molecule has 0 amide bonds. The van der Waals surface area contributed by atoms with Gasteiger partial charge in [0, 0.05) is 30.4 Å². The second kappa shape index (κ2) is 8.96. The Morgan fingerprint density at radius 3 is 2.25 bits per heavy atom. The highest BCUT2D eigenvalue weighted by molar-refractivity contribution is 5.55. The number of nitrogens with zero attached hydrogens (tertiary/aromatic N) is 1. The zero-order valence-electron chi connectivity index (χ0n) is 13.4. The van der Waals surface area contributed by atoms with Crippen LogP contribution >= 0.6 is 0 Å². The van der Waals surface area contributed by atoms with E-state index in [1.165, 1.54) is 0 Å². The van der Waals surface area contributed by atoms with Crippen LogP contribution in [0.4, 0.5) is 10.1 Å². The van der Waals surface area contributed by atoms with Gasteiger partial charge < -0.3 is 10.2 Å². The topological polar surface area (TPSA) is 15.3 Å². The predicted octanol–water partition coefficient (Wildman–Crippen LogP) is 4.51. The van der Waals surface area contributed by atoms with E-state index < -0.39 is 0 Å². The summed E-state index contributed by atoms with van der Waals surface area (Å²) in [6.07, 6.45) is 4.62. The Morgan fingerprint density at radius 1 is 1.15 bits per heavy atom. The molecule has 0 saturated heterocycles. The lowest BCUT2D eigenvalue weighted by Crippen LogP contribution is -2.28. The minimum atomic E-state index is -0.109. The molecular formula is C17H29FN2. The molecule has 0 aliphatic carbocycles. The molecule has 0 heterocycles. The van der Waals surface area contributed by atoms with Crippen molar-refractivity contribution in [1.29, 1.82) is 0 Å². The van der Waals surface area contributed by atoms with Crippen molar-refractivity contribution in [2.45, 2.75) is 52.5 Å². The number of hydrogen-bond donors (Lipinski definition) is 1. The molecular weight excluding hydrogens is 251 g/mol. The summed E-state index contributed by atoms with van der Waals surface area (Å²) in [5.74, 6) is -0.109. The van der Waals surface area contributed by atoms with Gasteiger partial charge in [-0.1, -0.05) is 32.8 Å². The second-order valence-electron chi connectivity index (χ2n) is 5.38. The molecule has 0 fully saturated rings. The Labute approximate surface area is 123 Å². The number of halogens is 1. The van der Waals surface area contributed by atoms with E-state index in [0.29, 0.717) is 0 Å². The predicted molar refractivity (Wildman–Crippen MR) is 85.9 cm³/mol. The Balaban J connectivity index is 3.07. The summed E-state index contributed by atoms with van der Waals surface area (Å²) >= 11 is 0. The third-order valence-corrected chi connectivity index (χ3v) is 3.80. The largest absolute Gasteiger partial charge is 0.371 e. The van der Waals surface area contributed by atoms with E-state index in [4.69, 9.17) is 0 Å². The van der Waals surface area contributed by atoms with Crippen LogP contribution in [0.1, 0.15) is 58.1 Å². The Morgan fingerprint density at radius 2 is 1.75 bits per heavy atom. The molecule has 1 aromatic carbocycles. The molecule has 2 nitrogen and oxygen atoms in total. The number of rotatable bonds is 9. The summed E-state index contributed by atoms with van der Waals surface area (Å²) < 4.78 is 14.2. The minimum absolute atomic E-state index is 0.0250. The summed E-state index contributed by atoms with van der Waals surface area (Å²) in [5.41, 5.74) is 1.84. The van der Waals surface area contributed by atoms with E-state index in [2.05, 4.69) is 30.1 Å². The first-order valence-corrected chi connectivity index (χ1v) is 7.86. The molecule has 0 spiro atoms. The van der Waals surface area contributed by atoms with E-state index in [-0.39, 0.29) is 11.9 Å². The minimum Gasteiger partial charge on any atom is -0.371 e. The van der Waals surface area contributed by atoms with Crippen molar-refractivity contribution in [3.8, 4) is 0 Å². The van der Waals surface area contributed by atoms with E-state index in [1.54, 1.807) is 6.07 Å². The zero-order chi connectivity index (χ0) is 15.0. The van der Waals surface area contributed by atoms with Gasteiger partial charge >= 0.3 is 0 Å². The van der Waals surface area contributed by atoms with Gasteiger partial charge in [-0.15, -0.1) is 0 Å². The van der Waals surface area contributed by atoms with Crippen molar-refractivity contribution in [3.05, 3.63) is 29.6 Å². The quantitative estimate of drug-likeness (QED) is 0.716. The highest BCUT2D eigenvalue weighted by Gasteiger charge is 2.18. The Hall–Kier alpha value is -1.09. The van der Waals surface area contributed by atoms with Crippen LogP contribution in [0.3, 0.4) is 0 Å². The first kappa shape index (κ1) is 17.0. The third kappa shape index (κ3) is 4.48. The van der Waals surface area contributed by atoms with Crippen LogP contribution in [0.25, 0.3) is 0 Å². The summed E-state index contributed by atoms with van der Waals surface area (Å²) in [6, 6.07) is 5.46. The molecule has 0 aromatic heterocycles. The fraction of sp³-hybridized carbons (Fsp3) is 0.647. The molecule has 1 unspecified atom stereocenters. The number of anilines is 1. The maximum Gasteiger partial charge on any atom is 0.130 e. The second-order valence-corrected chi connectivity index (χ2v) is 5.38. The van der Waals surface area contributed by atoms with Gasteiger partial charge in [0.25, 0.3) is 0 Å². The van der Waals surface area contributed by atoms with Gasteiger partial charge in [0.2, 0.25) is 0 Å². The number of nitrogens with one attached hydrogen (secondary N) is 1. The lowest BCUT2D eigenvalue weighted by atomic mass is 10.0. The average Bonchev–Trinajstić information content (AvgIpc) is 2.46. The normalized spacial score (nSPS) is 12.4. The third-order valence-electron chi connectivity index (χ3n) is 3.80. The summed E-state index contributed by atoms with van der Waals surface area (Å²) in [4.78, 5) is 2.35. The first-order chi connectivity index (χ1) is 9.65. The standard InChI is InChI=1S/C17H29FN2/c1-5-7-12-20(13-8-6-2)16-11-9-10-15(18)17(16)14(3)19-4/h9-11,14,19H,5-8,12-13H2,1-4H3. The van der Waals surface area contributed by atoms with Gasteiger partial charge in [0.05, 0.1) is 0 Å². The van der Waals surface area contributed by atoms with Crippen LogP contribution in [-0.2, 0) is 0 Å². The Kier molecular flexibility index (Phi) is 7.60. The first-order valence-electron chi connectivity index (χ1n) is 7.86. The van der Waals surface area contributed by atoms with Crippen molar-refractivity contribution in [2.75, 3.05) is 25.0 Å². The maximum atomic E-state index is 14.2. The molecule has 20 heavy (non-hydrogen) atoms. The molecule has 0 radical (unpaired) electrons.